The Morgan fingerprint density at radius 2 is 1.67 bits per heavy atom. The van der Waals surface area contributed by atoms with Gasteiger partial charge in [0.25, 0.3) is 0 Å². The molecule has 0 unspecified atom stereocenters. The summed E-state index contributed by atoms with van der Waals surface area (Å²) in [6.07, 6.45) is 10.4. The first-order valence-electron chi connectivity index (χ1n) is 15.7. The van der Waals surface area contributed by atoms with E-state index in [0.29, 0.717) is 30.5 Å². The fraction of sp³-hybridized carbons (Fsp3) is 0.543. The first-order valence-corrected chi connectivity index (χ1v) is 16.1. The molecule has 42 heavy (non-hydrogen) atoms. The summed E-state index contributed by atoms with van der Waals surface area (Å²) in [7, 11) is 0. The lowest BCUT2D eigenvalue weighted by Gasteiger charge is -2.47. The molecule has 226 valence electrons. The number of benzene rings is 2. The summed E-state index contributed by atoms with van der Waals surface area (Å²) in [5.74, 6) is 0.665. The zero-order chi connectivity index (χ0) is 29.7. The average molecular weight is 591 g/mol. The molecule has 1 atom stereocenters. The summed E-state index contributed by atoms with van der Waals surface area (Å²) in [5, 5.41) is 10.7. The van der Waals surface area contributed by atoms with Crippen LogP contribution in [0.5, 0.6) is 0 Å². The summed E-state index contributed by atoms with van der Waals surface area (Å²) in [5.41, 5.74) is 3.78. The average Bonchev–Trinajstić information content (AvgIpc) is 2.98. The zero-order valence-electron chi connectivity index (χ0n) is 25.5. The molecule has 1 aliphatic carbocycles. The van der Waals surface area contributed by atoms with Crippen LogP contribution in [0.25, 0.3) is 6.08 Å². The van der Waals surface area contributed by atoms with Gasteiger partial charge in [-0.2, -0.15) is 0 Å². The van der Waals surface area contributed by atoms with Crippen LogP contribution in [-0.2, 0) is 22.6 Å². The number of nitrogens with one attached hydrogen (secondary N) is 3. The van der Waals surface area contributed by atoms with Gasteiger partial charge in [0.05, 0.1) is 11.5 Å². The van der Waals surface area contributed by atoms with Crippen LogP contribution < -0.4 is 16.0 Å². The highest BCUT2D eigenvalue weighted by molar-refractivity contribution is 6.30. The van der Waals surface area contributed by atoms with Crippen molar-refractivity contribution in [1.82, 2.24) is 20.9 Å². The maximum Gasteiger partial charge on any atom is 0.241 e. The molecule has 7 heteroatoms. The molecule has 5 rings (SSSR count). The van der Waals surface area contributed by atoms with Gasteiger partial charge >= 0.3 is 0 Å². The normalized spacial score (nSPS) is 21.8. The molecule has 1 saturated heterocycles. The molecule has 3 aliphatic rings. The second-order valence-corrected chi connectivity index (χ2v) is 14.0. The molecule has 1 saturated carbocycles. The molecule has 2 fully saturated rings. The lowest BCUT2D eigenvalue weighted by atomic mass is 9.63. The molecular weight excluding hydrogens is 544 g/mol. The van der Waals surface area contributed by atoms with Crippen LogP contribution in [0.3, 0.4) is 0 Å². The molecule has 2 aliphatic heterocycles. The number of hydrogen-bond donors (Lipinski definition) is 3. The van der Waals surface area contributed by atoms with Crippen LogP contribution >= 0.6 is 11.6 Å². The number of carbonyl (C=O) groups excluding carboxylic acids is 2. The van der Waals surface area contributed by atoms with Crippen molar-refractivity contribution in [2.45, 2.75) is 90.3 Å². The minimum atomic E-state index is -0.313. The van der Waals surface area contributed by atoms with E-state index < -0.39 is 0 Å². The van der Waals surface area contributed by atoms with Crippen molar-refractivity contribution in [3.8, 4) is 0 Å². The summed E-state index contributed by atoms with van der Waals surface area (Å²) in [6.45, 7) is 9.20. The predicted molar refractivity (Wildman–Crippen MR) is 171 cm³/mol. The molecule has 0 radical (unpaired) electrons. The van der Waals surface area contributed by atoms with Gasteiger partial charge in [0.15, 0.2) is 0 Å². The molecular formula is C35H47ClN4O2. The Hall–Kier alpha value is -2.67. The minimum absolute atomic E-state index is 0.0113. The number of rotatable bonds is 7. The second kappa shape index (κ2) is 13.3. The maximum absolute atomic E-state index is 13.8. The maximum atomic E-state index is 13.8. The monoisotopic (exact) mass is 590 g/mol. The third-order valence-corrected chi connectivity index (χ3v) is 9.61. The van der Waals surface area contributed by atoms with Gasteiger partial charge in [-0.3, -0.25) is 14.5 Å². The SMILES string of the molecule is CC(C)(C)NC(=O)C1(C2CCCCC2)CCN(C/C(=C/c2ccc(Cl)cc2)NC(=O)[C@H]2Cc3ccccc3CN2)CC1. The fourth-order valence-corrected chi connectivity index (χ4v) is 7.18. The molecule has 6 nitrogen and oxygen atoms in total. The largest absolute Gasteiger partial charge is 0.351 e. The van der Waals surface area contributed by atoms with Crippen LogP contribution in [0.15, 0.2) is 54.2 Å². The van der Waals surface area contributed by atoms with E-state index in [9.17, 15) is 9.59 Å². The topological polar surface area (TPSA) is 73.5 Å². The van der Waals surface area contributed by atoms with Gasteiger partial charge in [0.1, 0.15) is 0 Å². The third-order valence-electron chi connectivity index (χ3n) is 9.36. The first-order chi connectivity index (χ1) is 20.1. The molecule has 0 spiro atoms. The summed E-state index contributed by atoms with van der Waals surface area (Å²) >= 11 is 6.15. The van der Waals surface area contributed by atoms with E-state index in [1.165, 1.54) is 30.4 Å². The number of amides is 2. The highest BCUT2D eigenvalue weighted by atomic mass is 35.5. The summed E-state index contributed by atoms with van der Waals surface area (Å²) in [6, 6.07) is 15.7. The molecule has 2 amide bonds. The third kappa shape index (κ3) is 7.64. The Kier molecular flexibility index (Phi) is 9.76. The Balaban J connectivity index is 1.30. The van der Waals surface area contributed by atoms with E-state index in [4.69, 9.17) is 11.6 Å². The predicted octanol–water partition coefficient (Wildman–Crippen LogP) is 6.09. The van der Waals surface area contributed by atoms with E-state index in [1.54, 1.807) is 0 Å². The van der Waals surface area contributed by atoms with Gasteiger partial charge < -0.3 is 16.0 Å². The van der Waals surface area contributed by atoms with Crippen molar-refractivity contribution in [2.24, 2.45) is 11.3 Å². The summed E-state index contributed by atoms with van der Waals surface area (Å²) < 4.78 is 0. The van der Waals surface area contributed by atoms with E-state index in [0.717, 1.165) is 50.0 Å². The lowest BCUT2D eigenvalue weighted by Crippen LogP contribution is -2.56. The van der Waals surface area contributed by atoms with Crippen LogP contribution in [0.2, 0.25) is 5.02 Å². The fourth-order valence-electron chi connectivity index (χ4n) is 7.06. The molecule has 2 aromatic rings. The highest BCUT2D eigenvalue weighted by Gasteiger charge is 2.48. The Labute approximate surface area is 256 Å². The number of fused-ring (bicyclic) bond motifs is 1. The standard InChI is InChI=1S/C35H47ClN4O2/c1-34(2,3)39-33(42)35(28-11-5-4-6-12-28)17-19-40(20-18-35)24-30(21-25-13-15-29(36)16-14-25)38-32(41)31-22-26-9-7-8-10-27(26)23-37-31/h7-10,13-16,21,28,31,37H,4-6,11-12,17-20,22-24H2,1-3H3,(H,38,41)(H,39,42)/b30-21-/t31-/m1/s1. The highest BCUT2D eigenvalue weighted by Crippen LogP contribution is 2.46. The van der Waals surface area contributed by atoms with E-state index >= 15 is 0 Å². The molecule has 2 aromatic carbocycles. The molecule has 0 bridgehead atoms. The number of piperidine rings is 1. The number of nitrogens with zero attached hydrogens (tertiary/aromatic N) is 1. The number of halogens is 1. The molecule has 3 N–H and O–H groups in total. The van der Waals surface area contributed by atoms with E-state index in [2.05, 4.69) is 59.8 Å². The van der Waals surface area contributed by atoms with Crippen molar-refractivity contribution in [2.75, 3.05) is 19.6 Å². The van der Waals surface area contributed by atoms with E-state index in [-0.39, 0.29) is 28.8 Å². The molecule has 2 heterocycles. The lowest BCUT2D eigenvalue weighted by molar-refractivity contribution is -0.140. The number of hydrogen-bond acceptors (Lipinski definition) is 4. The van der Waals surface area contributed by atoms with Crippen LogP contribution in [0.1, 0.15) is 82.4 Å². The smallest absolute Gasteiger partial charge is 0.241 e. The summed E-state index contributed by atoms with van der Waals surface area (Å²) in [4.78, 5) is 29.8. The van der Waals surface area contributed by atoms with Gasteiger partial charge in [0, 0.05) is 29.3 Å². The van der Waals surface area contributed by atoms with Crippen molar-refractivity contribution < 1.29 is 9.59 Å². The Morgan fingerprint density at radius 3 is 2.33 bits per heavy atom. The Morgan fingerprint density at radius 1 is 1.00 bits per heavy atom. The number of likely N-dealkylation sites (tertiary alicyclic amines) is 1. The van der Waals surface area contributed by atoms with Crippen LogP contribution in [-0.4, -0.2) is 47.9 Å². The molecule has 0 aromatic heterocycles. The van der Waals surface area contributed by atoms with E-state index in [1.807, 2.05) is 36.4 Å². The van der Waals surface area contributed by atoms with Crippen molar-refractivity contribution in [3.63, 3.8) is 0 Å². The van der Waals surface area contributed by atoms with Crippen molar-refractivity contribution in [1.29, 1.82) is 0 Å². The second-order valence-electron chi connectivity index (χ2n) is 13.6. The van der Waals surface area contributed by atoms with Gasteiger partial charge in [-0.25, -0.2) is 0 Å². The van der Waals surface area contributed by atoms with Gasteiger partial charge in [0.2, 0.25) is 11.8 Å². The first kappa shape index (κ1) is 30.8. The van der Waals surface area contributed by atoms with Gasteiger partial charge in [-0.05, 0) is 107 Å². The number of carbonyl (C=O) groups is 2. The Bertz CT molecular complexity index is 1270. The van der Waals surface area contributed by atoms with Crippen LogP contribution in [0, 0.1) is 11.3 Å². The van der Waals surface area contributed by atoms with Crippen molar-refractivity contribution >= 4 is 29.5 Å². The quantitative estimate of drug-likeness (QED) is 0.365. The minimum Gasteiger partial charge on any atom is -0.351 e. The zero-order valence-corrected chi connectivity index (χ0v) is 26.2. The van der Waals surface area contributed by atoms with Gasteiger partial charge in [-0.1, -0.05) is 67.3 Å². The van der Waals surface area contributed by atoms with Crippen molar-refractivity contribution in [3.05, 3.63) is 75.9 Å². The van der Waals surface area contributed by atoms with Crippen LogP contribution in [0.4, 0.5) is 0 Å². The van der Waals surface area contributed by atoms with Gasteiger partial charge in [-0.15, -0.1) is 0 Å².